The third-order valence-corrected chi connectivity index (χ3v) is 4.14. The molecule has 0 fully saturated rings. The van der Waals surface area contributed by atoms with Crippen molar-refractivity contribution < 1.29 is 18.1 Å². The lowest BCUT2D eigenvalue weighted by Gasteiger charge is -2.06. The van der Waals surface area contributed by atoms with Crippen molar-refractivity contribution in [2.24, 2.45) is 7.05 Å². The van der Waals surface area contributed by atoms with Crippen LogP contribution in [0.15, 0.2) is 17.1 Å². The van der Waals surface area contributed by atoms with E-state index in [1.165, 1.54) is 13.1 Å². The number of alkyl halides is 3. The highest BCUT2D eigenvalue weighted by atomic mass is 35.5. The Labute approximate surface area is 134 Å². The topological polar surface area (TPSA) is 78.0 Å². The van der Waals surface area contributed by atoms with Gasteiger partial charge in [0.2, 0.25) is 0 Å². The maximum absolute atomic E-state index is 12.5. The first-order valence-electron chi connectivity index (χ1n) is 5.85. The quantitative estimate of drug-likeness (QED) is 0.594. The summed E-state index contributed by atoms with van der Waals surface area (Å²) in [6.07, 6.45) is -2.14. The van der Waals surface area contributed by atoms with Crippen LogP contribution in [0.3, 0.4) is 0 Å². The van der Waals surface area contributed by atoms with Crippen molar-refractivity contribution in [3.05, 3.63) is 58.2 Å². The van der Waals surface area contributed by atoms with Crippen LogP contribution in [0.4, 0.5) is 13.2 Å². The van der Waals surface area contributed by atoms with E-state index in [-0.39, 0.29) is 19.9 Å². The van der Waals surface area contributed by atoms with E-state index in [0.29, 0.717) is 18.5 Å². The van der Waals surface area contributed by atoms with Gasteiger partial charge in [-0.05, 0) is 12.1 Å². The Kier molecular flexibility index (Phi) is 4.57. The molecule has 2 aromatic rings. The lowest BCUT2D eigenvalue weighted by atomic mass is 10.2. The van der Waals surface area contributed by atoms with E-state index in [1.54, 1.807) is 0 Å². The smallest absolute Gasteiger partial charge is 0.297 e. The van der Waals surface area contributed by atoms with E-state index in [2.05, 4.69) is 4.98 Å². The van der Waals surface area contributed by atoms with Gasteiger partial charge in [-0.1, -0.05) is 11.6 Å². The summed E-state index contributed by atoms with van der Waals surface area (Å²) in [4.78, 5) is 25.3. The lowest BCUT2D eigenvalue weighted by Crippen LogP contribution is -2.29. The zero-order valence-electron chi connectivity index (χ0n) is 11.3. The third-order valence-electron chi connectivity index (χ3n) is 2.74. The molecule has 0 spiro atoms. The molecule has 2 rings (SSSR count). The Hall–Kier alpha value is -2.20. The molecule has 0 unspecified atom stereocenters. The van der Waals surface area contributed by atoms with Crippen molar-refractivity contribution in [1.29, 1.82) is 0 Å². The minimum Gasteiger partial charge on any atom is -0.297 e. The molecule has 2 heterocycles. The maximum atomic E-state index is 12.5. The fraction of sp³-hybridized carbons (Fsp3) is 0.167. The Balaban J connectivity index is 2.60. The molecule has 0 radical (unpaired) electrons. The average Bonchev–Trinajstić information content (AvgIpc) is 2.67. The number of hydrogen-bond acceptors (Lipinski definition) is 5. The molecule has 0 saturated heterocycles. The van der Waals surface area contributed by atoms with Gasteiger partial charge in [-0.15, -0.1) is 11.3 Å². The summed E-state index contributed by atoms with van der Waals surface area (Å²) in [6, 6.07) is 0.697. The summed E-state index contributed by atoms with van der Waals surface area (Å²) in [7, 11) is 1.34. The van der Waals surface area contributed by atoms with Gasteiger partial charge in [0.05, 0.1) is 25.7 Å². The van der Waals surface area contributed by atoms with Gasteiger partial charge in [0.25, 0.3) is 11.8 Å². The van der Waals surface area contributed by atoms with Gasteiger partial charge >= 0.3 is 6.18 Å². The SMILES string of the molecule is Cn1c(=O)/c(=C/c2ncc(C(F)(F)F)cc2Cl)s/c1=C/[N+](=O)[O-]. The molecule has 11 heteroatoms. The predicted molar refractivity (Wildman–Crippen MR) is 78.1 cm³/mol. The molecular weight excluding hydrogens is 359 g/mol. The zero-order chi connectivity index (χ0) is 17.4. The number of halogens is 4. The van der Waals surface area contributed by atoms with Crippen molar-refractivity contribution in [2.75, 3.05) is 0 Å². The second kappa shape index (κ2) is 6.13. The average molecular weight is 366 g/mol. The second-order valence-corrected chi connectivity index (χ2v) is 5.79. The minimum atomic E-state index is -4.58. The van der Waals surface area contributed by atoms with Gasteiger partial charge < -0.3 is 0 Å². The number of pyridine rings is 1. The highest BCUT2D eigenvalue weighted by molar-refractivity contribution is 7.07. The first-order valence-corrected chi connectivity index (χ1v) is 7.04. The molecule has 0 saturated carbocycles. The summed E-state index contributed by atoms with van der Waals surface area (Å²) in [5.41, 5.74) is -1.59. The number of nitro groups is 1. The van der Waals surface area contributed by atoms with Gasteiger partial charge in [0.15, 0.2) is 4.66 Å². The van der Waals surface area contributed by atoms with Crippen LogP contribution in [-0.4, -0.2) is 14.5 Å². The molecule has 0 aliphatic heterocycles. The molecule has 0 aliphatic carbocycles. The molecule has 0 bridgehead atoms. The van der Waals surface area contributed by atoms with Gasteiger partial charge in [-0.2, -0.15) is 13.2 Å². The van der Waals surface area contributed by atoms with Crippen LogP contribution in [0.2, 0.25) is 5.02 Å². The molecule has 0 atom stereocenters. The molecule has 122 valence electrons. The van der Waals surface area contributed by atoms with E-state index in [4.69, 9.17) is 11.6 Å². The minimum absolute atomic E-state index is 0.0359. The summed E-state index contributed by atoms with van der Waals surface area (Å²) in [5, 5.41) is 10.2. The van der Waals surface area contributed by atoms with Gasteiger partial charge in [-0.3, -0.25) is 24.5 Å². The van der Waals surface area contributed by atoms with Gasteiger partial charge in [-0.25, -0.2) is 0 Å². The summed E-state index contributed by atoms with van der Waals surface area (Å²) in [5.74, 6) is 0. The summed E-state index contributed by atoms with van der Waals surface area (Å²) in [6.45, 7) is 0. The first-order chi connectivity index (χ1) is 10.6. The van der Waals surface area contributed by atoms with Crippen LogP contribution < -0.4 is 14.8 Å². The van der Waals surface area contributed by atoms with E-state index < -0.39 is 22.2 Å². The van der Waals surface area contributed by atoms with Crippen LogP contribution in [0.25, 0.3) is 12.3 Å². The van der Waals surface area contributed by atoms with Crippen LogP contribution >= 0.6 is 22.9 Å². The molecule has 0 amide bonds. The Morgan fingerprint density at radius 2 is 2.13 bits per heavy atom. The molecule has 0 N–H and O–H groups in total. The predicted octanol–water partition coefficient (Wildman–Crippen LogP) is 1.36. The zero-order valence-corrected chi connectivity index (χ0v) is 12.9. The van der Waals surface area contributed by atoms with E-state index in [0.717, 1.165) is 15.9 Å². The molecule has 23 heavy (non-hydrogen) atoms. The number of rotatable bonds is 2. The van der Waals surface area contributed by atoms with E-state index in [1.807, 2.05) is 0 Å². The fourth-order valence-corrected chi connectivity index (χ4v) is 2.82. The first kappa shape index (κ1) is 17.2. The molecular formula is C12H7ClF3N3O3S. The van der Waals surface area contributed by atoms with Gasteiger partial charge in [0, 0.05) is 13.2 Å². The van der Waals surface area contributed by atoms with Crippen molar-refractivity contribution in [2.45, 2.75) is 6.18 Å². The normalized spacial score (nSPS) is 13.6. The van der Waals surface area contributed by atoms with E-state index in [9.17, 15) is 28.1 Å². The van der Waals surface area contributed by atoms with Crippen LogP contribution in [0, 0.1) is 10.1 Å². The van der Waals surface area contributed by atoms with Crippen molar-refractivity contribution in [1.82, 2.24) is 9.55 Å². The third kappa shape index (κ3) is 3.77. The Morgan fingerprint density at radius 1 is 1.48 bits per heavy atom. The molecule has 2 aromatic heterocycles. The summed E-state index contributed by atoms with van der Waals surface area (Å²) >= 11 is 6.56. The highest BCUT2D eigenvalue weighted by Gasteiger charge is 2.31. The standard InChI is InChI=1S/C12H7ClF3N3O3S/c1-18-10(5-19(21)22)23-9(11(18)20)3-8-7(13)2-6(4-17-8)12(14,15)16/h2-5H,1H3/b9-3-,10-5+. The van der Waals surface area contributed by atoms with Crippen molar-refractivity contribution >= 4 is 35.2 Å². The Bertz CT molecular complexity index is 949. The van der Waals surface area contributed by atoms with Crippen LogP contribution in [0.1, 0.15) is 11.3 Å². The summed E-state index contributed by atoms with van der Waals surface area (Å²) < 4.78 is 38.8. The molecule has 6 nitrogen and oxygen atoms in total. The van der Waals surface area contributed by atoms with E-state index >= 15 is 0 Å². The number of aromatic nitrogens is 2. The van der Waals surface area contributed by atoms with Crippen molar-refractivity contribution in [3.8, 4) is 0 Å². The molecule has 0 aromatic carbocycles. The number of hydrogen-bond donors (Lipinski definition) is 0. The molecule has 0 aliphatic rings. The second-order valence-electron chi connectivity index (χ2n) is 4.32. The lowest BCUT2D eigenvalue weighted by molar-refractivity contribution is -0.363. The monoisotopic (exact) mass is 365 g/mol. The number of nitrogens with zero attached hydrogens (tertiary/aromatic N) is 3. The van der Waals surface area contributed by atoms with Crippen molar-refractivity contribution in [3.63, 3.8) is 0 Å². The largest absolute Gasteiger partial charge is 0.417 e. The fourth-order valence-electron chi connectivity index (χ4n) is 1.62. The highest BCUT2D eigenvalue weighted by Crippen LogP contribution is 2.31. The van der Waals surface area contributed by atoms with Crippen LogP contribution in [0.5, 0.6) is 0 Å². The van der Waals surface area contributed by atoms with Crippen LogP contribution in [-0.2, 0) is 13.2 Å². The number of thiazole rings is 1. The Morgan fingerprint density at radius 3 is 2.65 bits per heavy atom. The van der Waals surface area contributed by atoms with Gasteiger partial charge in [0.1, 0.15) is 0 Å². The maximum Gasteiger partial charge on any atom is 0.417 e.